The van der Waals surface area contributed by atoms with Crippen molar-refractivity contribution in [1.82, 2.24) is 0 Å². The molecule has 2 saturated heterocycles. The summed E-state index contributed by atoms with van der Waals surface area (Å²) in [5.74, 6) is 4.79. The first-order chi connectivity index (χ1) is 20.5. The number of allylic oxidation sites excluding steroid dienone is 1. The monoisotopic (exact) mass is 798 g/mol. The van der Waals surface area contributed by atoms with Crippen LogP contribution in [0.15, 0.2) is 10.2 Å². The Labute approximate surface area is 292 Å². The molecule has 2 unspecified atom stereocenters. The molecule has 12 heteroatoms. The highest BCUT2D eigenvalue weighted by Crippen LogP contribution is 2.45. The molecule has 0 aromatic rings. The molecular formula is C33H56ClIO8Si2. The Hall–Kier alpha value is -0.306. The third kappa shape index (κ3) is 11.7. The number of carbonyl (C=O) groups excluding carboxylic acids is 2. The second-order valence-corrected chi connectivity index (χ2v) is 27.1. The number of aliphatic hydroxyl groups is 1. The maximum Gasteiger partial charge on any atom is 0.308 e. The van der Waals surface area contributed by atoms with Crippen molar-refractivity contribution in [3.8, 4) is 11.8 Å². The van der Waals surface area contributed by atoms with Gasteiger partial charge in [-0.25, -0.2) is 0 Å². The molecule has 0 bridgehead atoms. The number of rotatable bonds is 12. The minimum absolute atomic E-state index is 0.118. The largest absolute Gasteiger partial charge is 0.469 e. The maximum absolute atomic E-state index is 12.7. The summed E-state index contributed by atoms with van der Waals surface area (Å²) in [7, 11) is -3.49. The highest BCUT2D eigenvalue weighted by molar-refractivity contribution is 14.1. The lowest BCUT2D eigenvalue weighted by Gasteiger charge is -2.55. The van der Waals surface area contributed by atoms with Crippen molar-refractivity contribution in [2.45, 2.75) is 164 Å². The van der Waals surface area contributed by atoms with Crippen LogP contribution in [-0.2, 0) is 32.7 Å². The third-order valence-corrected chi connectivity index (χ3v) is 19.4. The molecule has 2 aliphatic rings. The molecule has 0 aromatic carbocycles. The Morgan fingerprint density at radius 3 is 2.09 bits per heavy atom. The summed E-state index contributed by atoms with van der Waals surface area (Å²) in [6.45, 7) is 25.5. The van der Waals surface area contributed by atoms with E-state index in [1.807, 2.05) is 0 Å². The van der Waals surface area contributed by atoms with Gasteiger partial charge in [0, 0.05) is 11.8 Å². The Morgan fingerprint density at radius 2 is 1.58 bits per heavy atom. The predicted octanol–water partition coefficient (Wildman–Crippen LogP) is 7.31. The lowest BCUT2D eigenvalue weighted by Crippen LogP contribution is -2.68. The number of ketones is 1. The van der Waals surface area contributed by atoms with Crippen LogP contribution in [0.2, 0.25) is 36.3 Å². The van der Waals surface area contributed by atoms with Gasteiger partial charge in [0.25, 0.3) is 0 Å². The van der Waals surface area contributed by atoms with E-state index in [-0.39, 0.29) is 46.2 Å². The number of hydrogen-bond acceptors (Lipinski definition) is 8. The number of carbonyl (C=O) groups is 2. The first-order valence-electron chi connectivity index (χ1n) is 15.9. The molecule has 2 aliphatic heterocycles. The summed E-state index contributed by atoms with van der Waals surface area (Å²) >= 11 is 8.47. The number of Topliss-reactive ketones (excluding diaryl/α,β-unsaturated/α-hetero) is 1. The zero-order chi connectivity index (χ0) is 34.5. The Bertz CT molecular complexity index is 1110. The standard InChI is InChI=1S/C33H56ClIO8Si2/c1-21(35)19-22(34)13-14-23(36)15-17-25(37)28-30(42-44(9,10)32(2,3)4)31(43-45(11,12)33(5,6)7)29-26(41-28)18-16-24(40-29)20-27(38)39-8/h22,24-26,28-31,37H,1,13-14,16,18-20H2,2-12H3/t22?,24-,25?,26+,28+,29+,30-,31+/m1/s1. The second-order valence-electron chi connectivity index (χ2n) is 15.4. The molecule has 2 rings (SSSR count). The molecule has 45 heavy (non-hydrogen) atoms. The fraction of sp³-hybridized carbons (Fsp3) is 0.818. The Kier molecular flexibility index (Phi) is 14.9. The highest BCUT2D eigenvalue weighted by atomic mass is 127. The maximum atomic E-state index is 12.7. The quantitative estimate of drug-likeness (QED) is 0.0549. The molecule has 258 valence electrons. The van der Waals surface area contributed by atoms with Gasteiger partial charge in [-0.05, 0) is 94.0 Å². The summed E-state index contributed by atoms with van der Waals surface area (Å²) in [4.78, 5) is 24.9. The molecule has 0 amide bonds. The second kappa shape index (κ2) is 16.4. The fourth-order valence-corrected chi connectivity index (χ4v) is 8.58. The van der Waals surface area contributed by atoms with Gasteiger partial charge in [-0.3, -0.25) is 9.59 Å². The van der Waals surface area contributed by atoms with Gasteiger partial charge >= 0.3 is 5.97 Å². The van der Waals surface area contributed by atoms with E-state index in [1.165, 1.54) is 7.11 Å². The smallest absolute Gasteiger partial charge is 0.308 e. The third-order valence-electron chi connectivity index (χ3n) is 9.69. The molecule has 0 aromatic heterocycles. The van der Waals surface area contributed by atoms with Crippen LogP contribution in [0.1, 0.15) is 80.1 Å². The van der Waals surface area contributed by atoms with Crippen molar-refractivity contribution in [3.63, 3.8) is 0 Å². The average Bonchev–Trinajstić information content (AvgIpc) is 2.89. The van der Waals surface area contributed by atoms with Crippen LogP contribution in [-0.4, -0.2) is 88.7 Å². The van der Waals surface area contributed by atoms with Crippen molar-refractivity contribution >= 4 is 62.6 Å². The van der Waals surface area contributed by atoms with E-state index in [1.54, 1.807) is 0 Å². The summed E-state index contributed by atoms with van der Waals surface area (Å²) in [6.07, 6.45) is -2.17. The number of esters is 1. The number of halogens is 2. The summed E-state index contributed by atoms with van der Waals surface area (Å²) in [5, 5.41) is 11.1. The van der Waals surface area contributed by atoms with Gasteiger partial charge in [-0.1, -0.05) is 54.0 Å². The van der Waals surface area contributed by atoms with Crippen molar-refractivity contribution in [3.05, 3.63) is 10.2 Å². The first-order valence-corrected chi connectivity index (χ1v) is 23.3. The molecule has 0 saturated carbocycles. The Morgan fingerprint density at radius 1 is 1.02 bits per heavy atom. The lowest BCUT2D eigenvalue weighted by molar-refractivity contribution is -0.267. The van der Waals surface area contributed by atoms with Crippen LogP contribution >= 0.6 is 34.2 Å². The van der Waals surface area contributed by atoms with Crippen molar-refractivity contribution in [2.75, 3.05) is 7.11 Å². The van der Waals surface area contributed by atoms with Gasteiger partial charge in [0.05, 0.1) is 25.7 Å². The van der Waals surface area contributed by atoms with Crippen LogP contribution in [0.25, 0.3) is 0 Å². The first kappa shape index (κ1) is 40.9. The van der Waals surface area contributed by atoms with E-state index >= 15 is 0 Å². The number of fused-ring (bicyclic) bond motifs is 1. The van der Waals surface area contributed by atoms with Crippen molar-refractivity contribution < 1.29 is 37.8 Å². The van der Waals surface area contributed by atoms with Crippen LogP contribution in [0.5, 0.6) is 0 Å². The highest BCUT2D eigenvalue weighted by Gasteiger charge is 2.56. The van der Waals surface area contributed by atoms with Crippen LogP contribution in [0.3, 0.4) is 0 Å². The van der Waals surface area contributed by atoms with E-state index < -0.39 is 53.3 Å². The molecule has 8 atom stereocenters. The molecule has 0 radical (unpaired) electrons. The van der Waals surface area contributed by atoms with Gasteiger partial charge in [-0.15, -0.1) is 11.6 Å². The molecule has 8 nitrogen and oxygen atoms in total. The number of hydrogen-bond donors (Lipinski definition) is 1. The zero-order valence-electron chi connectivity index (χ0n) is 29.1. The normalized spacial score (nSPS) is 27.4. The number of alkyl halides is 1. The van der Waals surface area contributed by atoms with E-state index in [2.05, 4.69) is 109 Å². The van der Waals surface area contributed by atoms with Crippen LogP contribution in [0.4, 0.5) is 0 Å². The van der Waals surface area contributed by atoms with Crippen molar-refractivity contribution in [2.24, 2.45) is 0 Å². The minimum Gasteiger partial charge on any atom is -0.469 e. The van der Waals surface area contributed by atoms with Gasteiger partial charge < -0.3 is 28.2 Å². The van der Waals surface area contributed by atoms with Gasteiger partial charge in [0.2, 0.25) is 5.78 Å². The number of aliphatic hydroxyl groups excluding tert-OH is 1. The summed E-state index contributed by atoms with van der Waals surface area (Å²) in [6, 6.07) is 0. The van der Waals surface area contributed by atoms with Crippen molar-refractivity contribution in [1.29, 1.82) is 0 Å². The summed E-state index contributed by atoms with van der Waals surface area (Å²) < 4.78 is 33.2. The van der Waals surface area contributed by atoms with E-state index in [9.17, 15) is 14.7 Å². The molecule has 1 N–H and O–H groups in total. The lowest BCUT2D eigenvalue weighted by atomic mass is 9.87. The van der Waals surface area contributed by atoms with Gasteiger partial charge in [-0.2, -0.15) is 0 Å². The molecule has 2 fully saturated rings. The van der Waals surface area contributed by atoms with Crippen LogP contribution < -0.4 is 0 Å². The van der Waals surface area contributed by atoms with E-state index in [4.69, 9.17) is 34.7 Å². The van der Waals surface area contributed by atoms with Gasteiger partial charge in [0.15, 0.2) is 16.6 Å². The van der Waals surface area contributed by atoms with E-state index in [0.717, 1.165) is 3.58 Å². The topological polar surface area (TPSA) is 101 Å². The fourth-order valence-electron chi connectivity index (χ4n) is 4.88. The van der Waals surface area contributed by atoms with Gasteiger partial charge in [0.1, 0.15) is 30.5 Å². The number of ether oxygens (including phenoxy) is 3. The van der Waals surface area contributed by atoms with Crippen LogP contribution in [0, 0.1) is 11.8 Å². The SMILES string of the molecule is C=C(I)CC(Cl)CCC(=O)C#CC(O)[C@@H]1O[C@H]2CC[C@H](CC(=O)OC)O[C@@H]2[C@H](O[Si](C)(C)C(C)(C)C)[C@@H]1O[Si](C)(C)C(C)(C)C. The summed E-state index contributed by atoms with van der Waals surface area (Å²) in [5.41, 5.74) is 0. The number of methoxy groups -OCH3 is 1. The van der Waals surface area contributed by atoms with E-state index in [0.29, 0.717) is 25.7 Å². The Balaban J connectivity index is 2.52. The zero-order valence-corrected chi connectivity index (χ0v) is 34.0. The minimum atomic E-state index is -2.46. The molecule has 0 aliphatic carbocycles. The molecular weight excluding hydrogens is 743 g/mol. The predicted molar refractivity (Wildman–Crippen MR) is 193 cm³/mol. The molecule has 0 spiro atoms. The molecule has 2 heterocycles. The average molecular weight is 799 g/mol.